The van der Waals surface area contributed by atoms with E-state index in [1.807, 2.05) is 6.92 Å². The van der Waals surface area contributed by atoms with Crippen LogP contribution < -0.4 is 0 Å². The average molecular weight is 990 g/mol. The third-order valence-corrected chi connectivity index (χ3v) is 15.6. The number of carboxylic acids is 1. The van der Waals surface area contributed by atoms with Crippen molar-refractivity contribution in [3.05, 3.63) is 0 Å². The lowest BCUT2D eigenvalue weighted by molar-refractivity contribution is -0.142. The molecule has 0 amide bonds. The quantitative estimate of drug-likeness (QED) is 0.0487. The second-order valence-corrected chi connectivity index (χ2v) is 22.8. The average Bonchev–Trinajstić information content (AvgIpc) is 3.36. The van der Waals surface area contributed by atoms with Gasteiger partial charge in [-0.2, -0.15) is 0 Å². The molecule has 1 atom stereocenters. The van der Waals surface area contributed by atoms with Crippen molar-refractivity contribution in [1.82, 2.24) is 0 Å². The fraction of sp³-hybridized carbons (Fsp3) is 0.970. The molecule has 70 heavy (non-hydrogen) atoms. The highest BCUT2D eigenvalue weighted by molar-refractivity contribution is 5.69. The molecule has 0 saturated carbocycles. The number of hydrogen-bond donors (Lipinski definition) is 1. The summed E-state index contributed by atoms with van der Waals surface area (Å²) in [5.74, 6) is -0.871. The molecule has 0 aliphatic carbocycles. The van der Waals surface area contributed by atoms with Crippen LogP contribution >= 0.6 is 0 Å². The normalized spacial score (nSPS) is 11.8. The molecule has 0 aromatic heterocycles. The molecule has 1 N–H and O–H groups in total. The number of carbonyl (C=O) groups is 2. The third kappa shape index (κ3) is 66.9. The molecule has 4 nitrogen and oxygen atoms in total. The smallest absolute Gasteiger partial charge is 0.306 e. The zero-order valence-corrected chi connectivity index (χ0v) is 49.0. The van der Waals surface area contributed by atoms with E-state index < -0.39 is 5.97 Å². The van der Waals surface area contributed by atoms with Crippen molar-refractivity contribution in [3.8, 4) is 0 Å². The van der Waals surface area contributed by atoms with Crippen molar-refractivity contribution < 1.29 is 19.4 Å². The summed E-state index contributed by atoms with van der Waals surface area (Å²) in [6.07, 6.45) is 82.3. The Hall–Kier alpha value is -1.06. The predicted octanol–water partition coefficient (Wildman–Crippen LogP) is 23.9. The van der Waals surface area contributed by atoms with Gasteiger partial charge >= 0.3 is 11.9 Å². The number of methoxy groups -OCH3 is 1. The van der Waals surface area contributed by atoms with Gasteiger partial charge in [-0.15, -0.1) is 0 Å². The molecule has 0 heterocycles. The van der Waals surface area contributed by atoms with Crippen LogP contribution in [0.15, 0.2) is 0 Å². The van der Waals surface area contributed by atoms with Crippen LogP contribution in [0, 0.1) is 5.92 Å². The first-order valence-corrected chi connectivity index (χ1v) is 32.8. The molecule has 0 aliphatic rings. The first kappa shape index (κ1) is 71.0. The Labute approximate surface area is 442 Å². The molecule has 0 bridgehead atoms. The van der Waals surface area contributed by atoms with Gasteiger partial charge in [0.2, 0.25) is 0 Å². The van der Waals surface area contributed by atoms with Crippen LogP contribution in [0.25, 0.3) is 0 Å². The molecule has 4 heteroatoms. The van der Waals surface area contributed by atoms with Crippen LogP contribution in [-0.4, -0.2) is 24.2 Å². The molecule has 0 radical (unpaired) electrons. The molecule has 0 saturated heterocycles. The second kappa shape index (κ2) is 66.0. The van der Waals surface area contributed by atoms with E-state index in [0.717, 1.165) is 19.3 Å². The van der Waals surface area contributed by atoms with Gasteiger partial charge in [0.05, 0.1) is 13.0 Å². The molecule has 0 fully saturated rings. The SMILES string of the molecule is CCCCCCCCCCCCCCCCCCCCCCCCCCCCCCC(C)C(=O)O.CCCCCCCCCCCCCCCCCCCCCCCCCCCCCCCC(=O)OC. The van der Waals surface area contributed by atoms with Crippen molar-refractivity contribution in [1.29, 1.82) is 0 Å². The Morgan fingerprint density at radius 2 is 0.443 bits per heavy atom. The lowest BCUT2D eigenvalue weighted by atomic mass is 10.0. The van der Waals surface area contributed by atoms with Crippen molar-refractivity contribution in [2.24, 2.45) is 5.92 Å². The van der Waals surface area contributed by atoms with Crippen LogP contribution in [-0.2, 0) is 14.3 Å². The van der Waals surface area contributed by atoms with Crippen molar-refractivity contribution in [3.63, 3.8) is 0 Å². The Morgan fingerprint density at radius 3 is 0.600 bits per heavy atom. The summed E-state index contributed by atoms with van der Waals surface area (Å²) in [7, 11) is 1.48. The summed E-state index contributed by atoms with van der Waals surface area (Å²) in [6, 6.07) is 0. The van der Waals surface area contributed by atoms with Gasteiger partial charge in [0.25, 0.3) is 0 Å². The summed E-state index contributed by atoms with van der Waals surface area (Å²) < 4.78 is 4.67. The summed E-state index contributed by atoms with van der Waals surface area (Å²) in [5, 5.41) is 8.88. The van der Waals surface area contributed by atoms with Gasteiger partial charge in [-0.25, -0.2) is 0 Å². The second-order valence-electron chi connectivity index (χ2n) is 22.8. The molecule has 0 spiro atoms. The first-order valence-electron chi connectivity index (χ1n) is 32.8. The van der Waals surface area contributed by atoms with Crippen LogP contribution in [0.1, 0.15) is 400 Å². The Bertz CT molecular complexity index is 946. The van der Waals surface area contributed by atoms with Crippen LogP contribution in [0.4, 0.5) is 0 Å². The Kier molecular flexibility index (Phi) is 66.9. The summed E-state index contributed by atoms with van der Waals surface area (Å²) in [4.78, 5) is 21.8. The highest BCUT2D eigenvalue weighted by Gasteiger charge is 2.09. The molecule has 420 valence electrons. The number of esters is 1. The van der Waals surface area contributed by atoms with Gasteiger partial charge in [-0.3, -0.25) is 9.59 Å². The highest BCUT2D eigenvalue weighted by Crippen LogP contribution is 2.19. The van der Waals surface area contributed by atoms with E-state index in [0.29, 0.717) is 6.42 Å². The Morgan fingerprint density at radius 1 is 0.286 bits per heavy atom. The standard InChI is InChI=1S/2C33H66O2/c1-3-4-5-6-7-8-9-10-11-12-13-14-15-16-17-18-19-20-21-22-23-24-25-26-27-28-29-30-31-32-33(34)35-2;1-3-4-5-6-7-8-9-10-11-12-13-14-15-16-17-18-19-20-21-22-23-24-25-26-27-28-29-30-31-32(2)33(34)35/h3-32H2,1-2H3;32H,3-31H2,1-2H3,(H,34,35). The van der Waals surface area contributed by atoms with E-state index in [2.05, 4.69) is 18.6 Å². The summed E-state index contributed by atoms with van der Waals surface area (Å²) in [6.45, 7) is 6.42. The van der Waals surface area contributed by atoms with E-state index in [-0.39, 0.29) is 11.9 Å². The van der Waals surface area contributed by atoms with Gasteiger partial charge in [-0.05, 0) is 12.8 Å². The number of ether oxygens (including phenoxy) is 1. The van der Waals surface area contributed by atoms with Gasteiger partial charge in [0.15, 0.2) is 0 Å². The van der Waals surface area contributed by atoms with Gasteiger partial charge in [0.1, 0.15) is 0 Å². The maximum Gasteiger partial charge on any atom is 0.306 e. The zero-order valence-electron chi connectivity index (χ0n) is 49.0. The largest absolute Gasteiger partial charge is 0.481 e. The molecule has 0 aliphatic heterocycles. The molecule has 0 aromatic carbocycles. The van der Waals surface area contributed by atoms with Gasteiger partial charge in [-0.1, -0.05) is 380 Å². The first-order chi connectivity index (χ1) is 34.5. The number of aliphatic carboxylic acids is 1. The Balaban J connectivity index is 0. The van der Waals surface area contributed by atoms with Crippen molar-refractivity contribution in [2.75, 3.05) is 7.11 Å². The minimum absolute atomic E-state index is 0.0602. The van der Waals surface area contributed by atoms with Gasteiger partial charge in [0, 0.05) is 6.42 Å². The fourth-order valence-corrected chi connectivity index (χ4v) is 10.5. The lowest BCUT2D eigenvalue weighted by Crippen LogP contribution is -2.08. The lowest BCUT2D eigenvalue weighted by Gasteiger charge is -2.06. The molecule has 1 unspecified atom stereocenters. The van der Waals surface area contributed by atoms with E-state index in [1.54, 1.807) is 0 Å². The number of carboxylic acid groups (broad SMARTS) is 1. The molecule has 0 rings (SSSR count). The number of unbranched alkanes of at least 4 members (excludes halogenated alkanes) is 55. The van der Waals surface area contributed by atoms with E-state index in [4.69, 9.17) is 5.11 Å². The van der Waals surface area contributed by atoms with Crippen molar-refractivity contribution in [2.45, 2.75) is 400 Å². The summed E-state index contributed by atoms with van der Waals surface area (Å²) in [5.41, 5.74) is 0. The van der Waals surface area contributed by atoms with E-state index >= 15 is 0 Å². The predicted molar refractivity (Wildman–Crippen MR) is 313 cm³/mol. The number of hydrogen-bond acceptors (Lipinski definition) is 3. The maximum atomic E-state index is 11.0. The van der Waals surface area contributed by atoms with E-state index in [9.17, 15) is 9.59 Å². The topological polar surface area (TPSA) is 63.6 Å². The fourth-order valence-electron chi connectivity index (χ4n) is 10.5. The van der Waals surface area contributed by atoms with Gasteiger partial charge < -0.3 is 9.84 Å². The zero-order chi connectivity index (χ0) is 51.2. The van der Waals surface area contributed by atoms with Crippen LogP contribution in [0.2, 0.25) is 0 Å². The highest BCUT2D eigenvalue weighted by atomic mass is 16.5. The van der Waals surface area contributed by atoms with Crippen molar-refractivity contribution >= 4 is 11.9 Å². The molecular weight excluding hydrogens is 857 g/mol. The van der Waals surface area contributed by atoms with Crippen LogP contribution in [0.5, 0.6) is 0 Å². The van der Waals surface area contributed by atoms with E-state index in [1.165, 1.54) is 360 Å². The minimum Gasteiger partial charge on any atom is -0.481 e. The molecular formula is C66H132O4. The number of rotatable bonds is 60. The monoisotopic (exact) mass is 989 g/mol. The number of carbonyl (C=O) groups excluding carboxylic acids is 1. The molecule has 0 aromatic rings. The maximum absolute atomic E-state index is 11.0. The summed E-state index contributed by atoms with van der Waals surface area (Å²) >= 11 is 0. The third-order valence-electron chi connectivity index (χ3n) is 15.6. The van der Waals surface area contributed by atoms with Crippen LogP contribution in [0.3, 0.4) is 0 Å². The minimum atomic E-state index is -0.643.